The SMILES string of the molecule is O=C(CCCNCc1cccc(F)c1F)NC1CC1. The molecule has 0 bridgehead atoms. The van der Waals surface area contributed by atoms with Gasteiger partial charge < -0.3 is 10.6 Å². The van der Waals surface area contributed by atoms with Crippen molar-refractivity contribution >= 4 is 5.91 Å². The molecule has 1 aliphatic carbocycles. The number of nitrogens with one attached hydrogen (secondary N) is 2. The molecule has 104 valence electrons. The summed E-state index contributed by atoms with van der Waals surface area (Å²) < 4.78 is 26.2. The predicted octanol–water partition coefficient (Wildman–Crippen LogP) is 2.11. The minimum atomic E-state index is -0.830. The molecule has 0 spiro atoms. The van der Waals surface area contributed by atoms with Gasteiger partial charge >= 0.3 is 0 Å². The fourth-order valence-corrected chi connectivity index (χ4v) is 1.81. The average Bonchev–Trinajstić information content (AvgIpc) is 3.18. The van der Waals surface area contributed by atoms with Gasteiger partial charge in [-0.25, -0.2) is 8.78 Å². The largest absolute Gasteiger partial charge is 0.353 e. The molecule has 0 radical (unpaired) electrons. The molecule has 1 amide bonds. The molecular weight excluding hydrogens is 250 g/mol. The van der Waals surface area contributed by atoms with Gasteiger partial charge in [0, 0.05) is 24.6 Å². The van der Waals surface area contributed by atoms with Crippen LogP contribution in [-0.4, -0.2) is 18.5 Å². The lowest BCUT2D eigenvalue weighted by atomic mass is 10.2. The minimum absolute atomic E-state index is 0.0706. The van der Waals surface area contributed by atoms with Crippen LogP contribution in [-0.2, 0) is 11.3 Å². The highest BCUT2D eigenvalue weighted by Gasteiger charge is 2.22. The smallest absolute Gasteiger partial charge is 0.220 e. The molecule has 0 atom stereocenters. The maximum atomic E-state index is 13.3. The Labute approximate surface area is 111 Å². The van der Waals surface area contributed by atoms with Gasteiger partial charge in [-0.05, 0) is 31.9 Å². The lowest BCUT2D eigenvalue weighted by Gasteiger charge is -2.06. The van der Waals surface area contributed by atoms with Crippen molar-refractivity contribution in [2.45, 2.75) is 38.3 Å². The van der Waals surface area contributed by atoms with E-state index in [9.17, 15) is 13.6 Å². The van der Waals surface area contributed by atoms with Crippen molar-refractivity contribution in [3.05, 3.63) is 35.4 Å². The van der Waals surface area contributed by atoms with Crippen molar-refractivity contribution in [1.82, 2.24) is 10.6 Å². The lowest BCUT2D eigenvalue weighted by Crippen LogP contribution is -2.26. The van der Waals surface area contributed by atoms with E-state index in [2.05, 4.69) is 10.6 Å². The number of amides is 1. The van der Waals surface area contributed by atoms with Crippen LogP contribution in [0.4, 0.5) is 8.78 Å². The highest BCUT2D eigenvalue weighted by atomic mass is 19.2. The summed E-state index contributed by atoms with van der Waals surface area (Å²) in [6.07, 6.45) is 3.33. The Bertz CT molecular complexity index is 447. The molecule has 0 saturated heterocycles. The maximum absolute atomic E-state index is 13.3. The molecule has 1 fully saturated rings. The molecule has 1 aromatic carbocycles. The number of halogens is 2. The molecule has 0 aromatic heterocycles. The number of carbonyl (C=O) groups excluding carboxylic acids is 1. The highest BCUT2D eigenvalue weighted by Crippen LogP contribution is 2.18. The van der Waals surface area contributed by atoms with Gasteiger partial charge in [-0.2, -0.15) is 0 Å². The van der Waals surface area contributed by atoms with E-state index in [1.165, 1.54) is 6.07 Å². The molecule has 1 aliphatic rings. The fourth-order valence-electron chi connectivity index (χ4n) is 1.81. The molecular formula is C14H18F2N2O. The van der Waals surface area contributed by atoms with Crippen LogP contribution in [0.3, 0.4) is 0 Å². The average molecular weight is 268 g/mol. The summed E-state index contributed by atoms with van der Waals surface area (Å²) in [7, 11) is 0. The third-order valence-electron chi connectivity index (χ3n) is 3.05. The molecule has 0 heterocycles. The van der Waals surface area contributed by atoms with Crippen molar-refractivity contribution < 1.29 is 13.6 Å². The second-order valence-electron chi connectivity index (χ2n) is 4.84. The minimum Gasteiger partial charge on any atom is -0.353 e. The molecule has 2 N–H and O–H groups in total. The van der Waals surface area contributed by atoms with Gasteiger partial charge in [0.25, 0.3) is 0 Å². The monoisotopic (exact) mass is 268 g/mol. The standard InChI is InChI=1S/C14H18F2N2O/c15-12-4-1-3-10(14(12)16)9-17-8-2-5-13(19)18-11-6-7-11/h1,3-4,11,17H,2,5-9H2,(H,18,19). The molecule has 5 heteroatoms. The Hall–Kier alpha value is -1.49. The first-order chi connectivity index (χ1) is 9.16. The Kier molecular flexibility index (Phi) is 4.85. The normalized spacial score (nSPS) is 14.4. The summed E-state index contributed by atoms with van der Waals surface area (Å²) in [5.41, 5.74) is 0.308. The molecule has 0 unspecified atom stereocenters. The lowest BCUT2D eigenvalue weighted by molar-refractivity contribution is -0.121. The molecule has 3 nitrogen and oxygen atoms in total. The van der Waals surface area contributed by atoms with E-state index in [1.807, 2.05) is 0 Å². The van der Waals surface area contributed by atoms with Gasteiger partial charge in [-0.15, -0.1) is 0 Å². The number of hydrogen-bond donors (Lipinski definition) is 2. The summed E-state index contributed by atoms with van der Waals surface area (Å²) in [6, 6.07) is 4.52. The third-order valence-corrected chi connectivity index (χ3v) is 3.05. The van der Waals surface area contributed by atoms with Crippen LogP contribution in [0.5, 0.6) is 0 Å². The van der Waals surface area contributed by atoms with Crippen LogP contribution >= 0.6 is 0 Å². The summed E-state index contributed by atoms with van der Waals surface area (Å²) >= 11 is 0. The number of carbonyl (C=O) groups is 1. The Morgan fingerprint density at radius 3 is 2.84 bits per heavy atom. The van der Waals surface area contributed by atoms with E-state index in [-0.39, 0.29) is 12.5 Å². The first-order valence-electron chi connectivity index (χ1n) is 6.60. The molecule has 1 aromatic rings. The summed E-state index contributed by atoms with van der Waals surface area (Å²) in [4.78, 5) is 11.4. The topological polar surface area (TPSA) is 41.1 Å². The Morgan fingerprint density at radius 2 is 2.11 bits per heavy atom. The van der Waals surface area contributed by atoms with Crippen molar-refractivity contribution in [2.75, 3.05) is 6.54 Å². The first kappa shape index (κ1) is 13.9. The Balaban J connectivity index is 1.60. The highest BCUT2D eigenvalue weighted by molar-refractivity contribution is 5.76. The van der Waals surface area contributed by atoms with E-state index < -0.39 is 11.6 Å². The quantitative estimate of drug-likeness (QED) is 0.744. The number of rotatable bonds is 7. The van der Waals surface area contributed by atoms with Crippen LogP contribution in [0.25, 0.3) is 0 Å². The molecule has 1 saturated carbocycles. The van der Waals surface area contributed by atoms with Gasteiger partial charge in [0.1, 0.15) is 0 Å². The van der Waals surface area contributed by atoms with Crippen LogP contribution in [0.15, 0.2) is 18.2 Å². The Morgan fingerprint density at radius 1 is 1.32 bits per heavy atom. The molecule has 19 heavy (non-hydrogen) atoms. The zero-order valence-electron chi connectivity index (χ0n) is 10.7. The van der Waals surface area contributed by atoms with Crippen LogP contribution < -0.4 is 10.6 Å². The number of benzene rings is 1. The zero-order valence-corrected chi connectivity index (χ0v) is 10.7. The third kappa shape index (κ3) is 4.59. The summed E-state index contributed by atoms with van der Waals surface area (Å²) in [5.74, 6) is -1.56. The van der Waals surface area contributed by atoms with Crippen LogP contribution in [0, 0.1) is 11.6 Å². The summed E-state index contributed by atoms with van der Waals surface area (Å²) in [5, 5.41) is 5.91. The van der Waals surface area contributed by atoms with Gasteiger partial charge in [0.15, 0.2) is 11.6 Å². The summed E-state index contributed by atoms with van der Waals surface area (Å²) in [6.45, 7) is 0.877. The van der Waals surface area contributed by atoms with E-state index in [4.69, 9.17) is 0 Å². The van der Waals surface area contributed by atoms with Gasteiger partial charge in [0.05, 0.1) is 0 Å². The second kappa shape index (κ2) is 6.61. The van der Waals surface area contributed by atoms with E-state index >= 15 is 0 Å². The van der Waals surface area contributed by atoms with E-state index in [0.29, 0.717) is 31.0 Å². The van der Waals surface area contributed by atoms with Crippen molar-refractivity contribution in [2.24, 2.45) is 0 Å². The second-order valence-corrected chi connectivity index (χ2v) is 4.84. The predicted molar refractivity (Wildman–Crippen MR) is 68.5 cm³/mol. The fraction of sp³-hybridized carbons (Fsp3) is 0.500. The zero-order chi connectivity index (χ0) is 13.7. The van der Waals surface area contributed by atoms with Gasteiger partial charge in [-0.1, -0.05) is 12.1 Å². The van der Waals surface area contributed by atoms with Crippen molar-refractivity contribution in [1.29, 1.82) is 0 Å². The molecule has 0 aliphatic heterocycles. The van der Waals surface area contributed by atoms with Crippen molar-refractivity contribution in [3.8, 4) is 0 Å². The van der Waals surface area contributed by atoms with Gasteiger partial charge in [-0.3, -0.25) is 4.79 Å². The van der Waals surface area contributed by atoms with E-state index in [0.717, 1.165) is 18.9 Å². The van der Waals surface area contributed by atoms with Crippen molar-refractivity contribution in [3.63, 3.8) is 0 Å². The first-order valence-corrected chi connectivity index (χ1v) is 6.60. The van der Waals surface area contributed by atoms with E-state index in [1.54, 1.807) is 6.07 Å². The van der Waals surface area contributed by atoms with Crippen LogP contribution in [0.2, 0.25) is 0 Å². The van der Waals surface area contributed by atoms with Gasteiger partial charge in [0.2, 0.25) is 5.91 Å². The molecule has 2 rings (SSSR count). The van der Waals surface area contributed by atoms with Crippen LogP contribution in [0.1, 0.15) is 31.2 Å². The maximum Gasteiger partial charge on any atom is 0.220 e. The number of hydrogen-bond acceptors (Lipinski definition) is 2.